The number of halogens is 3. The van der Waals surface area contributed by atoms with Gasteiger partial charge in [-0.25, -0.2) is 13.2 Å². The van der Waals surface area contributed by atoms with Crippen LogP contribution in [0.1, 0.15) is 37.4 Å². The molecule has 0 radical (unpaired) electrons. The van der Waals surface area contributed by atoms with E-state index in [2.05, 4.69) is 38.4 Å². The molecule has 2 aromatic heterocycles. The van der Waals surface area contributed by atoms with Crippen molar-refractivity contribution >= 4 is 50.9 Å². The number of aromatic nitrogens is 3. The van der Waals surface area contributed by atoms with E-state index >= 15 is 0 Å². The van der Waals surface area contributed by atoms with E-state index in [1.807, 2.05) is 27.6 Å². The highest BCUT2D eigenvalue weighted by Crippen LogP contribution is 2.71. The highest BCUT2D eigenvalue weighted by molar-refractivity contribution is 14.2. The summed E-state index contributed by atoms with van der Waals surface area (Å²) in [6, 6.07) is 8.17. The van der Waals surface area contributed by atoms with Crippen molar-refractivity contribution < 1.29 is 13.6 Å². The molecule has 184 valence electrons. The number of nitrogens with one attached hydrogen (secondary N) is 2. The first kappa shape index (κ1) is 22.6. The monoisotopic (exact) mass is 609 g/mol. The van der Waals surface area contributed by atoms with Gasteiger partial charge in [-0.1, -0.05) is 13.0 Å². The fraction of sp³-hybridized carbons (Fsp3) is 0.520. The Morgan fingerprint density at radius 3 is 2.77 bits per heavy atom. The summed E-state index contributed by atoms with van der Waals surface area (Å²) in [6.45, 7) is 4.27. The van der Waals surface area contributed by atoms with Crippen LogP contribution in [-0.2, 0) is 17.6 Å². The largest absolute Gasteiger partial charge is 0.353 e. The van der Waals surface area contributed by atoms with E-state index in [-0.39, 0.29) is 11.3 Å². The molecule has 7 rings (SSSR count). The van der Waals surface area contributed by atoms with Crippen molar-refractivity contribution in [2.75, 3.05) is 24.5 Å². The summed E-state index contributed by atoms with van der Waals surface area (Å²) < 4.78 is 31.0. The molecular formula is C25H27F2IN5OP. The van der Waals surface area contributed by atoms with Crippen LogP contribution in [-0.4, -0.2) is 46.0 Å². The number of carbonyl (C=O) groups excluding carboxylic acids is 1. The number of piperidine rings is 1. The van der Waals surface area contributed by atoms with Crippen LogP contribution in [0.2, 0.25) is 0 Å². The molecule has 35 heavy (non-hydrogen) atoms. The Labute approximate surface area is 216 Å². The zero-order chi connectivity index (χ0) is 24.2. The van der Waals surface area contributed by atoms with Gasteiger partial charge in [-0.05, 0) is 79.0 Å². The molecule has 1 saturated carbocycles. The van der Waals surface area contributed by atoms with Gasteiger partial charge in [0.1, 0.15) is 5.69 Å². The number of anilines is 1. The SMILES string of the molecule is CC12Cc3c(c(-c4cc5ccc(N6CCC7(CCNCC7)C6=O)cc5[nH]4)nn3PI)C[C@@H]1C2(F)F. The quantitative estimate of drug-likeness (QED) is 0.313. The molecular weight excluding hydrogens is 582 g/mol. The number of benzene rings is 1. The van der Waals surface area contributed by atoms with Gasteiger partial charge in [-0.15, -0.1) is 0 Å². The van der Waals surface area contributed by atoms with Crippen LogP contribution in [0.15, 0.2) is 24.3 Å². The highest BCUT2D eigenvalue weighted by Gasteiger charge is 2.78. The lowest BCUT2D eigenvalue weighted by Gasteiger charge is -2.32. The summed E-state index contributed by atoms with van der Waals surface area (Å²) >= 11 is 2.27. The van der Waals surface area contributed by atoms with Crippen LogP contribution in [0.5, 0.6) is 0 Å². The molecule has 6 nitrogen and oxygen atoms in total. The van der Waals surface area contributed by atoms with Crippen LogP contribution in [0.25, 0.3) is 22.3 Å². The number of nitrogens with zero attached hydrogens (tertiary/aromatic N) is 3. The Morgan fingerprint density at radius 1 is 1.20 bits per heavy atom. The number of hydrogen-bond acceptors (Lipinski definition) is 3. The minimum absolute atomic E-state index is 0.216. The van der Waals surface area contributed by atoms with Crippen molar-refractivity contribution in [2.24, 2.45) is 16.7 Å². The van der Waals surface area contributed by atoms with Gasteiger partial charge < -0.3 is 15.2 Å². The normalized spacial score (nSPS) is 28.9. The number of carbonyl (C=O) groups is 1. The van der Waals surface area contributed by atoms with Crippen LogP contribution >= 0.6 is 28.4 Å². The maximum atomic E-state index is 14.5. The lowest BCUT2D eigenvalue weighted by Crippen LogP contribution is -2.42. The third-order valence-corrected chi connectivity index (χ3v) is 11.1. The second-order valence-electron chi connectivity index (χ2n) is 10.9. The summed E-state index contributed by atoms with van der Waals surface area (Å²) in [5.41, 5.74) is 4.27. The van der Waals surface area contributed by atoms with Gasteiger partial charge in [0.15, 0.2) is 0 Å². The third-order valence-electron chi connectivity index (χ3n) is 9.24. The number of hydrogen-bond donors (Lipinski definition) is 2. The van der Waals surface area contributed by atoms with E-state index in [4.69, 9.17) is 5.10 Å². The molecule has 2 unspecified atom stereocenters. The number of amides is 1. The summed E-state index contributed by atoms with van der Waals surface area (Å²) in [6.07, 6.45) is 3.83. The third kappa shape index (κ3) is 3.04. The average Bonchev–Trinajstić information content (AvgIpc) is 3.32. The van der Waals surface area contributed by atoms with Gasteiger partial charge in [0.05, 0.1) is 17.5 Å². The second-order valence-corrected chi connectivity index (χ2v) is 13.0. The Morgan fingerprint density at radius 2 is 2.00 bits per heavy atom. The Hall–Kier alpha value is -1.58. The summed E-state index contributed by atoms with van der Waals surface area (Å²) in [7, 11) is 0. The van der Waals surface area contributed by atoms with Crippen molar-refractivity contribution in [3.05, 3.63) is 35.5 Å². The molecule has 3 atom stereocenters. The zero-order valence-electron chi connectivity index (χ0n) is 19.4. The number of H-pyrrole nitrogens is 1. The van der Waals surface area contributed by atoms with Gasteiger partial charge in [0.2, 0.25) is 5.91 Å². The molecule has 4 heterocycles. The number of rotatable bonds is 3. The predicted molar refractivity (Wildman–Crippen MR) is 143 cm³/mol. The molecule has 2 aliphatic carbocycles. The number of fused-ring (bicyclic) bond motifs is 3. The zero-order valence-corrected chi connectivity index (χ0v) is 22.6. The van der Waals surface area contributed by atoms with E-state index in [1.54, 1.807) is 6.92 Å². The van der Waals surface area contributed by atoms with Crippen molar-refractivity contribution in [3.8, 4) is 11.4 Å². The first-order valence-electron chi connectivity index (χ1n) is 12.3. The Kier molecular flexibility index (Phi) is 4.83. The molecule has 1 amide bonds. The van der Waals surface area contributed by atoms with E-state index in [0.29, 0.717) is 19.2 Å². The lowest BCUT2D eigenvalue weighted by molar-refractivity contribution is -0.126. The second kappa shape index (κ2) is 7.48. The van der Waals surface area contributed by atoms with Crippen molar-refractivity contribution in [3.63, 3.8) is 0 Å². The van der Waals surface area contributed by atoms with E-state index in [9.17, 15) is 13.6 Å². The summed E-state index contributed by atoms with van der Waals surface area (Å²) in [5.74, 6) is -2.96. The molecule has 1 aromatic carbocycles. The standard InChI is InChI=1S/C25H27F2IN5OP/c1-23-13-19-16(12-20(23)25(23,26)27)21(31-33(19)35-28)18-10-14-2-3-15(11-17(14)30-18)32-9-6-24(22(32)34)4-7-29-8-5-24/h2-3,10-11,20,29-30,35H,4-9,12-13H2,1H3/t20-,23?/m0/s1. The van der Waals surface area contributed by atoms with E-state index in [1.165, 1.54) is 0 Å². The first-order valence-corrected chi connectivity index (χ1v) is 16.3. The summed E-state index contributed by atoms with van der Waals surface area (Å²) in [4.78, 5) is 18.8. The van der Waals surface area contributed by atoms with Crippen molar-refractivity contribution in [1.82, 2.24) is 19.9 Å². The minimum atomic E-state index is -2.61. The van der Waals surface area contributed by atoms with Crippen LogP contribution < -0.4 is 10.2 Å². The Bertz CT molecular complexity index is 1380. The van der Waals surface area contributed by atoms with Gasteiger partial charge in [-0.3, -0.25) is 4.79 Å². The number of alkyl halides is 2. The van der Waals surface area contributed by atoms with E-state index < -0.39 is 17.3 Å². The first-order chi connectivity index (χ1) is 16.8. The van der Waals surface area contributed by atoms with Gasteiger partial charge in [-0.2, -0.15) is 5.10 Å². The number of aromatic amines is 1. The average molecular weight is 609 g/mol. The van der Waals surface area contributed by atoms with E-state index in [0.717, 1.165) is 78.1 Å². The van der Waals surface area contributed by atoms with Gasteiger partial charge >= 0.3 is 0 Å². The fourth-order valence-corrected chi connectivity index (χ4v) is 8.49. The topological polar surface area (TPSA) is 66.0 Å². The molecule has 2 N–H and O–H groups in total. The maximum absolute atomic E-state index is 14.5. The molecule has 2 saturated heterocycles. The predicted octanol–water partition coefficient (Wildman–Crippen LogP) is 5.30. The molecule has 10 heteroatoms. The van der Waals surface area contributed by atoms with Crippen LogP contribution in [0, 0.1) is 16.7 Å². The van der Waals surface area contributed by atoms with Crippen molar-refractivity contribution in [2.45, 2.75) is 45.0 Å². The smallest absolute Gasteiger partial charge is 0.258 e. The van der Waals surface area contributed by atoms with Crippen LogP contribution in [0.4, 0.5) is 14.5 Å². The molecule has 4 aliphatic rings. The minimum Gasteiger partial charge on any atom is -0.353 e. The molecule has 0 bridgehead atoms. The van der Waals surface area contributed by atoms with Crippen molar-refractivity contribution in [1.29, 1.82) is 0 Å². The molecule has 2 aliphatic heterocycles. The fourth-order valence-electron chi connectivity index (χ4n) is 6.84. The van der Waals surface area contributed by atoms with Gasteiger partial charge in [0, 0.05) is 52.1 Å². The lowest BCUT2D eigenvalue weighted by atomic mass is 9.78. The molecule has 3 fully saturated rings. The highest BCUT2D eigenvalue weighted by atomic mass is 127. The maximum Gasteiger partial charge on any atom is 0.258 e. The Balaban J connectivity index is 1.23. The summed E-state index contributed by atoms with van der Waals surface area (Å²) in [5, 5.41) is 9.25. The van der Waals surface area contributed by atoms with Gasteiger partial charge in [0.25, 0.3) is 5.92 Å². The molecule has 1 spiro atoms. The van der Waals surface area contributed by atoms with Crippen LogP contribution in [0.3, 0.4) is 0 Å². The molecule has 3 aromatic rings.